The van der Waals surface area contributed by atoms with E-state index in [-0.39, 0.29) is 11.5 Å². The second kappa shape index (κ2) is 9.74. The summed E-state index contributed by atoms with van der Waals surface area (Å²) in [7, 11) is -1.33. The van der Waals surface area contributed by atoms with Crippen molar-refractivity contribution in [2.24, 2.45) is 11.3 Å². The smallest absolute Gasteiger partial charge is 0.412 e. The molecule has 0 aromatic heterocycles. The van der Waals surface area contributed by atoms with Gasteiger partial charge in [-0.05, 0) is 53.7 Å². The van der Waals surface area contributed by atoms with Crippen molar-refractivity contribution >= 4 is 37.7 Å². The van der Waals surface area contributed by atoms with Crippen LogP contribution in [0.5, 0.6) is 0 Å². The summed E-state index contributed by atoms with van der Waals surface area (Å²) in [5, 5.41) is 0. The van der Waals surface area contributed by atoms with E-state index < -0.39 is 14.8 Å². The normalized spacial score (nSPS) is 23.1. The van der Waals surface area contributed by atoms with E-state index in [0.29, 0.717) is 19.1 Å². The molecular formula is C21H34INO3Si. The molecule has 1 aliphatic rings. The van der Waals surface area contributed by atoms with Gasteiger partial charge in [0.1, 0.15) is 12.3 Å². The number of benzene rings is 1. The quantitative estimate of drug-likeness (QED) is 0.276. The number of amides is 1. The number of hydrogen-bond acceptors (Lipinski definition) is 3. The first-order valence-corrected chi connectivity index (χ1v) is 14.2. The van der Waals surface area contributed by atoms with Crippen LogP contribution in [-0.2, 0) is 15.8 Å². The van der Waals surface area contributed by atoms with Crippen LogP contribution in [0, 0.1) is 11.3 Å². The Morgan fingerprint density at radius 3 is 2.52 bits per heavy atom. The number of halogens is 1. The van der Waals surface area contributed by atoms with Crippen molar-refractivity contribution in [3.05, 3.63) is 35.9 Å². The fraction of sp³-hybridized carbons (Fsp3) is 0.667. The Labute approximate surface area is 179 Å². The number of nitrogens with zero attached hydrogens (tertiary/aromatic N) is 1. The summed E-state index contributed by atoms with van der Waals surface area (Å²) in [6, 6.07) is 9.86. The SMILES string of the molecule is C[SiH](C)O[C@]1(CCCI)C[C@H](C(C)(C)C)CN1C(=O)OCc1ccccc1. The molecule has 6 heteroatoms. The molecule has 2 rings (SSSR count). The third-order valence-electron chi connectivity index (χ3n) is 5.27. The van der Waals surface area contributed by atoms with Crippen LogP contribution in [0.25, 0.3) is 0 Å². The first-order chi connectivity index (χ1) is 12.7. The predicted octanol–water partition coefficient (Wildman–Crippen LogP) is 5.60. The van der Waals surface area contributed by atoms with Gasteiger partial charge in [-0.15, -0.1) is 0 Å². The molecule has 0 bridgehead atoms. The molecule has 1 aliphatic heterocycles. The number of carbonyl (C=O) groups excluding carboxylic acids is 1. The topological polar surface area (TPSA) is 38.8 Å². The largest absolute Gasteiger partial charge is 0.444 e. The van der Waals surface area contributed by atoms with E-state index in [1.165, 1.54) is 0 Å². The average Bonchev–Trinajstić information content (AvgIpc) is 2.98. The second-order valence-corrected chi connectivity index (χ2v) is 12.2. The molecule has 1 amide bonds. The van der Waals surface area contributed by atoms with Gasteiger partial charge in [-0.3, -0.25) is 4.90 Å². The summed E-state index contributed by atoms with van der Waals surface area (Å²) < 4.78 is 13.3. The highest BCUT2D eigenvalue weighted by Crippen LogP contribution is 2.45. The van der Waals surface area contributed by atoms with Crippen molar-refractivity contribution in [3.63, 3.8) is 0 Å². The minimum absolute atomic E-state index is 0.131. The number of ether oxygens (including phenoxy) is 1. The van der Waals surface area contributed by atoms with Gasteiger partial charge in [0.25, 0.3) is 0 Å². The van der Waals surface area contributed by atoms with Crippen molar-refractivity contribution in [2.75, 3.05) is 11.0 Å². The maximum Gasteiger partial charge on any atom is 0.412 e. The Balaban J connectivity index is 2.21. The molecular weight excluding hydrogens is 469 g/mol. The van der Waals surface area contributed by atoms with Gasteiger partial charge in [0, 0.05) is 6.54 Å². The summed E-state index contributed by atoms with van der Waals surface area (Å²) >= 11 is 2.41. The molecule has 4 nitrogen and oxygen atoms in total. The van der Waals surface area contributed by atoms with E-state index in [2.05, 4.69) is 56.5 Å². The molecule has 0 radical (unpaired) electrons. The fourth-order valence-electron chi connectivity index (χ4n) is 3.75. The number of alkyl halides is 1. The maximum atomic E-state index is 13.1. The lowest BCUT2D eigenvalue weighted by Crippen LogP contribution is -2.51. The zero-order valence-corrected chi connectivity index (χ0v) is 20.6. The van der Waals surface area contributed by atoms with Gasteiger partial charge in [-0.25, -0.2) is 4.79 Å². The molecule has 0 aliphatic carbocycles. The molecule has 2 atom stereocenters. The number of rotatable bonds is 7. The molecule has 27 heavy (non-hydrogen) atoms. The third-order valence-corrected chi connectivity index (χ3v) is 6.94. The van der Waals surface area contributed by atoms with E-state index in [1.807, 2.05) is 35.2 Å². The highest BCUT2D eigenvalue weighted by Gasteiger charge is 2.52. The Bertz CT molecular complexity index is 605. The number of hydrogen-bond donors (Lipinski definition) is 0. The Hall–Kier alpha value is -0.603. The van der Waals surface area contributed by atoms with Crippen LogP contribution in [0.1, 0.15) is 45.6 Å². The van der Waals surface area contributed by atoms with Crippen molar-refractivity contribution in [1.29, 1.82) is 0 Å². The predicted molar refractivity (Wildman–Crippen MR) is 122 cm³/mol. The standard InChI is InChI=1S/C21H34INO3Si/c1-20(2,3)18-14-21(12-9-13-22,26-27(4)5)23(15-18)19(24)25-16-17-10-7-6-8-11-17/h6-8,10-11,18,27H,9,12-16H2,1-5H3/t18-,21+/m0/s1. The highest BCUT2D eigenvalue weighted by molar-refractivity contribution is 14.1. The Kier molecular flexibility index (Phi) is 8.18. The molecule has 1 heterocycles. The summed E-state index contributed by atoms with van der Waals surface area (Å²) in [5.41, 5.74) is 0.637. The van der Waals surface area contributed by atoms with Gasteiger partial charge in [0.15, 0.2) is 9.04 Å². The Morgan fingerprint density at radius 1 is 1.30 bits per heavy atom. The highest BCUT2D eigenvalue weighted by atomic mass is 127. The summed E-state index contributed by atoms with van der Waals surface area (Å²) in [4.78, 5) is 15.0. The monoisotopic (exact) mass is 503 g/mol. The van der Waals surface area contributed by atoms with E-state index >= 15 is 0 Å². The fourth-order valence-corrected chi connectivity index (χ4v) is 5.35. The van der Waals surface area contributed by atoms with Crippen molar-refractivity contribution in [1.82, 2.24) is 4.90 Å². The van der Waals surface area contributed by atoms with E-state index in [9.17, 15) is 4.79 Å². The van der Waals surface area contributed by atoms with Crippen LogP contribution in [0.15, 0.2) is 30.3 Å². The molecule has 1 saturated heterocycles. The van der Waals surface area contributed by atoms with Crippen molar-refractivity contribution in [3.8, 4) is 0 Å². The van der Waals surface area contributed by atoms with Gasteiger partial charge >= 0.3 is 6.09 Å². The summed E-state index contributed by atoms with van der Waals surface area (Å²) in [5.74, 6) is 0.406. The molecule has 1 aromatic rings. The minimum atomic E-state index is -1.33. The lowest BCUT2D eigenvalue weighted by molar-refractivity contribution is -0.0601. The zero-order valence-electron chi connectivity index (χ0n) is 17.3. The first-order valence-electron chi connectivity index (χ1n) is 9.90. The van der Waals surface area contributed by atoms with Crippen LogP contribution in [0.2, 0.25) is 13.1 Å². The lowest BCUT2D eigenvalue weighted by Gasteiger charge is -2.39. The molecule has 1 aromatic carbocycles. The van der Waals surface area contributed by atoms with Crippen molar-refractivity contribution < 1.29 is 14.0 Å². The summed E-state index contributed by atoms with van der Waals surface area (Å²) in [6.07, 6.45) is 2.59. The van der Waals surface area contributed by atoms with E-state index in [4.69, 9.17) is 9.16 Å². The van der Waals surface area contributed by atoms with E-state index in [0.717, 1.165) is 29.3 Å². The van der Waals surface area contributed by atoms with Crippen LogP contribution < -0.4 is 0 Å². The van der Waals surface area contributed by atoms with E-state index in [1.54, 1.807) is 0 Å². The summed E-state index contributed by atoms with van der Waals surface area (Å²) in [6.45, 7) is 12.1. The first kappa shape index (κ1) is 22.7. The zero-order chi connectivity index (χ0) is 20.1. The molecule has 0 N–H and O–H groups in total. The van der Waals surface area contributed by atoms with Gasteiger partial charge in [0.2, 0.25) is 0 Å². The molecule has 0 saturated carbocycles. The van der Waals surface area contributed by atoms with Crippen LogP contribution in [0.3, 0.4) is 0 Å². The van der Waals surface area contributed by atoms with Crippen LogP contribution >= 0.6 is 22.6 Å². The average molecular weight is 503 g/mol. The minimum Gasteiger partial charge on any atom is -0.444 e. The molecule has 0 spiro atoms. The van der Waals surface area contributed by atoms with Crippen molar-refractivity contribution in [2.45, 2.75) is 65.5 Å². The number of likely N-dealkylation sites (tertiary alicyclic amines) is 1. The lowest BCUT2D eigenvalue weighted by atomic mass is 9.78. The van der Waals surface area contributed by atoms with Gasteiger partial charge < -0.3 is 9.16 Å². The second-order valence-electron chi connectivity index (χ2n) is 8.82. The molecule has 0 unspecified atom stereocenters. The molecule has 1 fully saturated rings. The maximum absolute atomic E-state index is 13.1. The van der Waals surface area contributed by atoms with Gasteiger partial charge in [-0.2, -0.15) is 0 Å². The molecule has 152 valence electrons. The third kappa shape index (κ3) is 6.19. The van der Waals surface area contributed by atoms with Gasteiger partial charge in [-0.1, -0.05) is 73.7 Å². The van der Waals surface area contributed by atoms with Crippen LogP contribution in [-0.4, -0.2) is 36.7 Å². The Morgan fingerprint density at radius 2 is 1.96 bits per heavy atom. The van der Waals surface area contributed by atoms with Gasteiger partial charge in [0.05, 0.1) is 0 Å². The number of carbonyl (C=O) groups is 1. The van der Waals surface area contributed by atoms with Crippen LogP contribution in [0.4, 0.5) is 4.79 Å².